The van der Waals surface area contributed by atoms with Crippen LogP contribution >= 0.6 is 0 Å². The van der Waals surface area contributed by atoms with Gasteiger partial charge in [0.15, 0.2) is 5.69 Å². The lowest BCUT2D eigenvalue weighted by Gasteiger charge is -2.34. The number of hydrogen-bond acceptors (Lipinski definition) is 1. The molecule has 4 nitrogen and oxygen atoms in total. The Morgan fingerprint density at radius 3 is 1.61 bits per heavy atom. The molecule has 0 saturated heterocycles. The van der Waals surface area contributed by atoms with E-state index in [0.717, 1.165) is 66.1 Å². The zero-order valence-electron chi connectivity index (χ0n) is 32.9. The summed E-state index contributed by atoms with van der Waals surface area (Å²) in [7, 11) is 0. The second kappa shape index (κ2) is 13.3. The Hall–Kier alpha value is -8.44. The Kier molecular flexibility index (Phi) is 7.54. The third-order valence-corrected chi connectivity index (χ3v) is 12.9. The van der Waals surface area contributed by atoms with Crippen molar-refractivity contribution >= 4 is 49.3 Å². The number of rotatable bonds is 5. The molecule has 0 aliphatic heterocycles. The SMILES string of the molecule is [C-]#[N+]c1ccc(-c2ccc(-n3c4ccccc4c4cc5c(cc43)-c3ccccc3C5(c3ccccc3)c3ccccc3)c(C#N)c2)c(-n2c3ccccc3c3ccccc32)c1. The van der Waals surface area contributed by atoms with E-state index in [9.17, 15) is 5.26 Å². The minimum Gasteiger partial charge on any atom is -0.310 e. The van der Waals surface area contributed by atoms with Crippen molar-refractivity contribution in [1.82, 2.24) is 9.13 Å². The van der Waals surface area contributed by atoms with Crippen LogP contribution in [0, 0.1) is 17.9 Å². The molecular formula is C57H34N4. The quantitative estimate of drug-likeness (QED) is 0.161. The van der Waals surface area contributed by atoms with Crippen LogP contribution in [0.2, 0.25) is 0 Å². The highest BCUT2D eigenvalue weighted by Gasteiger charge is 2.46. The van der Waals surface area contributed by atoms with Crippen LogP contribution in [-0.2, 0) is 5.41 Å². The minimum atomic E-state index is -0.526. The topological polar surface area (TPSA) is 38.0 Å². The second-order valence-corrected chi connectivity index (χ2v) is 15.8. The first-order valence-electron chi connectivity index (χ1n) is 20.5. The van der Waals surface area contributed by atoms with E-state index in [-0.39, 0.29) is 0 Å². The molecular weight excluding hydrogens is 741 g/mol. The number of para-hydroxylation sites is 3. The average Bonchev–Trinajstić information content (AvgIpc) is 3.95. The molecule has 0 radical (unpaired) electrons. The number of fused-ring (bicyclic) bond motifs is 9. The molecule has 0 amide bonds. The summed E-state index contributed by atoms with van der Waals surface area (Å²) in [5, 5.41) is 15.6. The molecule has 0 spiro atoms. The molecule has 282 valence electrons. The van der Waals surface area contributed by atoms with Gasteiger partial charge in [0.25, 0.3) is 0 Å². The van der Waals surface area contributed by atoms with Gasteiger partial charge in [-0.1, -0.05) is 158 Å². The van der Waals surface area contributed by atoms with Crippen molar-refractivity contribution in [3.63, 3.8) is 0 Å². The van der Waals surface area contributed by atoms with Crippen LogP contribution in [0.5, 0.6) is 0 Å². The lowest BCUT2D eigenvalue weighted by Crippen LogP contribution is -2.28. The molecule has 2 aromatic heterocycles. The smallest absolute Gasteiger partial charge is 0.189 e. The summed E-state index contributed by atoms with van der Waals surface area (Å²) in [6, 6.07) is 75.5. The van der Waals surface area contributed by atoms with Gasteiger partial charge in [-0.15, -0.1) is 0 Å². The van der Waals surface area contributed by atoms with Gasteiger partial charge >= 0.3 is 0 Å². The Bertz CT molecular complexity index is 3580. The number of benzene rings is 9. The fourth-order valence-electron chi connectivity index (χ4n) is 10.4. The zero-order chi connectivity index (χ0) is 40.7. The van der Waals surface area contributed by atoms with E-state index in [4.69, 9.17) is 6.57 Å². The predicted octanol–water partition coefficient (Wildman–Crippen LogP) is 14.3. The summed E-state index contributed by atoms with van der Waals surface area (Å²) in [5.74, 6) is 0. The van der Waals surface area contributed by atoms with Crippen molar-refractivity contribution in [3.05, 3.63) is 245 Å². The molecule has 0 bridgehead atoms. The van der Waals surface area contributed by atoms with Crippen molar-refractivity contribution < 1.29 is 0 Å². The number of aromatic nitrogens is 2. The van der Waals surface area contributed by atoms with Gasteiger partial charge in [0.05, 0.1) is 45.3 Å². The third kappa shape index (κ3) is 4.85. The van der Waals surface area contributed by atoms with Gasteiger partial charge in [-0.05, 0) is 87.5 Å². The maximum absolute atomic E-state index is 11.0. The Balaban J connectivity index is 1.10. The van der Waals surface area contributed by atoms with E-state index in [2.05, 4.69) is 202 Å². The highest BCUT2D eigenvalue weighted by molar-refractivity contribution is 6.12. The maximum atomic E-state index is 11.0. The van der Waals surface area contributed by atoms with Crippen LogP contribution < -0.4 is 0 Å². The number of hydrogen-bond donors (Lipinski definition) is 0. The molecule has 2 heterocycles. The van der Waals surface area contributed by atoms with Crippen molar-refractivity contribution in [3.8, 4) is 39.7 Å². The Morgan fingerprint density at radius 1 is 0.426 bits per heavy atom. The number of nitrogens with zero attached hydrogens (tertiary/aromatic N) is 4. The molecule has 1 aliphatic carbocycles. The van der Waals surface area contributed by atoms with Gasteiger partial charge in [-0.2, -0.15) is 5.26 Å². The van der Waals surface area contributed by atoms with E-state index in [0.29, 0.717) is 11.3 Å². The van der Waals surface area contributed by atoms with E-state index in [1.165, 1.54) is 33.4 Å². The van der Waals surface area contributed by atoms with Crippen molar-refractivity contribution in [2.75, 3.05) is 0 Å². The van der Waals surface area contributed by atoms with E-state index in [1.807, 2.05) is 24.3 Å². The minimum absolute atomic E-state index is 0.526. The Labute approximate surface area is 352 Å². The second-order valence-electron chi connectivity index (χ2n) is 15.8. The van der Waals surface area contributed by atoms with Gasteiger partial charge in [0.1, 0.15) is 6.07 Å². The normalized spacial score (nSPS) is 12.7. The third-order valence-electron chi connectivity index (χ3n) is 12.9. The fourth-order valence-corrected chi connectivity index (χ4v) is 10.4. The standard InChI is InChI=1S/C57H34N4/c1-59-41-29-30-42(55(33-41)61-52-25-13-9-21-44(52)45-22-10-14-26-53(45)61)37-28-31-51(38(32-37)36-58)60-54-27-15-11-23-46(54)48-34-50-47(35-56(48)60)43-20-8-12-24-49(43)57(50,39-16-4-2-5-17-39)40-18-6-3-7-19-40/h2-35H. The Morgan fingerprint density at radius 2 is 0.984 bits per heavy atom. The zero-order valence-corrected chi connectivity index (χ0v) is 32.9. The summed E-state index contributed by atoms with van der Waals surface area (Å²) in [4.78, 5) is 3.84. The van der Waals surface area contributed by atoms with Crippen LogP contribution in [0.3, 0.4) is 0 Å². The fraction of sp³-hybridized carbons (Fsp3) is 0.0175. The first kappa shape index (κ1) is 34.6. The molecule has 11 aromatic rings. The van der Waals surface area contributed by atoms with Crippen LogP contribution in [-0.4, -0.2) is 9.13 Å². The van der Waals surface area contributed by atoms with Crippen molar-refractivity contribution in [1.29, 1.82) is 5.26 Å². The molecule has 9 aromatic carbocycles. The molecule has 0 atom stereocenters. The van der Waals surface area contributed by atoms with Gasteiger partial charge in [0.2, 0.25) is 0 Å². The van der Waals surface area contributed by atoms with E-state index in [1.54, 1.807) is 0 Å². The largest absolute Gasteiger partial charge is 0.310 e. The van der Waals surface area contributed by atoms with E-state index >= 15 is 0 Å². The summed E-state index contributed by atoms with van der Waals surface area (Å²) in [6.45, 7) is 7.94. The number of nitriles is 1. The maximum Gasteiger partial charge on any atom is 0.189 e. The van der Waals surface area contributed by atoms with Crippen molar-refractivity contribution in [2.45, 2.75) is 5.41 Å². The summed E-state index contributed by atoms with van der Waals surface area (Å²) >= 11 is 0. The summed E-state index contributed by atoms with van der Waals surface area (Å²) in [6.07, 6.45) is 0. The predicted molar refractivity (Wildman–Crippen MR) is 249 cm³/mol. The molecule has 0 unspecified atom stereocenters. The molecule has 0 fully saturated rings. The van der Waals surface area contributed by atoms with Crippen molar-refractivity contribution in [2.24, 2.45) is 0 Å². The van der Waals surface area contributed by atoms with E-state index < -0.39 is 5.41 Å². The van der Waals surface area contributed by atoms with Crippen LogP contribution in [0.1, 0.15) is 27.8 Å². The average molecular weight is 775 g/mol. The highest BCUT2D eigenvalue weighted by atomic mass is 15.0. The van der Waals surface area contributed by atoms with Crippen LogP contribution in [0.4, 0.5) is 5.69 Å². The molecule has 61 heavy (non-hydrogen) atoms. The highest BCUT2D eigenvalue weighted by Crippen LogP contribution is 2.57. The monoisotopic (exact) mass is 774 g/mol. The summed E-state index contributed by atoms with van der Waals surface area (Å²) in [5.41, 5.74) is 15.7. The van der Waals surface area contributed by atoms with Crippen LogP contribution in [0.15, 0.2) is 206 Å². The van der Waals surface area contributed by atoms with Gasteiger partial charge in [-0.3, -0.25) is 0 Å². The molecule has 0 saturated carbocycles. The van der Waals surface area contributed by atoms with Crippen LogP contribution in [0.25, 0.3) is 82.1 Å². The first-order valence-corrected chi connectivity index (χ1v) is 20.5. The molecule has 4 heteroatoms. The lowest BCUT2D eigenvalue weighted by atomic mass is 9.67. The summed E-state index contributed by atoms with van der Waals surface area (Å²) < 4.78 is 4.53. The lowest BCUT2D eigenvalue weighted by molar-refractivity contribution is 0.769. The molecule has 12 rings (SSSR count). The van der Waals surface area contributed by atoms with Gasteiger partial charge in [0, 0.05) is 32.8 Å². The first-order chi connectivity index (χ1) is 30.2. The molecule has 0 N–H and O–H groups in total. The molecule has 1 aliphatic rings. The van der Waals surface area contributed by atoms with Gasteiger partial charge < -0.3 is 9.13 Å². The van der Waals surface area contributed by atoms with Gasteiger partial charge in [-0.25, -0.2) is 4.85 Å².